The highest BCUT2D eigenvalue weighted by atomic mass is 79.9. The van der Waals surface area contributed by atoms with Gasteiger partial charge in [-0.15, -0.1) is 0 Å². The zero-order chi connectivity index (χ0) is 9.26. The van der Waals surface area contributed by atoms with Crippen LogP contribution in [-0.2, 0) is 0 Å². The molecule has 0 aliphatic carbocycles. The smallest absolute Gasteiger partial charge is 0.0508 e. The van der Waals surface area contributed by atoms with E-state index < -0.39 is 0 Å². The van der Waals surface area contributed by atoms with Crippen molar-refractivity contribution in [3.63, 3.8) is 0 Å². The van der Waals surface area contributed by atoms with Gasteiger partial charge in [-0.25, -0.2) is 0 Å². The second-order valence-electron chi connectivity index (χ2n) is 2.70. The fourth-order valence-corrected chi connectivity index (χ4v) is 3.26. The van der Waals surface area contributed by atoms with Gasteiger partial charge in [0.05, 0.1) is 22.7 Å². The van der Waals surface area contributed by atoms with E-state index in [-0.39, 0.29) is 0 Å². The molecule has 1 aromatic carbocycles. The number of hydrogen-bond donors (Lipinski definition) is 0. The average Bonchev–Trinajstić information content (AvgIpc) is 2.53. The quantitative estimate of drug-likeness (QED) is 0.652. The second-order valence-corrected chi connectivity index (χ2v) is 6.21. The van der Waals surface area contributed by atoms with Crippen LogP contribution < -0.4 is 0 Å². The van der Waals surface area contributed by atoms with Gasteiger partial charge in [-0.3, -0.25) is 0 Å². The molecule has 0 N–H and O–H groups in total. The van der Waals surface area contributed by atoms with Crippen molar-refractivity contribution in [2.24, 2.45) is 0 Å². The van der Waals surface area contributed by atoms with Crippen molar-refractivity contribution in [1.29, 1.82) is 0 Å². The summed E-state index contributed by atoms with van der Waals surface area (Å²) in [4.78, 5) is 1.36. The number of benzene rings is 1. The van der Waals surface area contributed by atoms with E-state index in [0.29, 0.717) is 0 Å². The summed E-state index contributed by atoms with van der Waals surface area (Å²) in [5.74, 6) is 0. The normalized spacial score (nSPS) is 10.3. The molecule has 13 heavy (non-hydrogen) atoms. The van der Waals surface area contributed by atoms with Crippen molar-refractivity contribution in [1.82, 2.24) is 0 Å². The first-order chi connectivity index (χ1) is 6.25. The van der Waals surface area contributed by atoms with E-state index in [2.05, 4.69) is 52.5 Å². The topological polar surface area (TPSA) is 0 Å². The fraction of sp³-hybridized carbons (Fsp3) is 0.100. The minimum absolute atomic E-state index is 1.13. The molecule has 0 saturated heterocycles. The summed E-state index contributed by atoms with van der Waals surface area (Å²) in [5, 5.41) is 2.21. The number of aryl methyl sites for hydroxylation is 1. The van der Waals surface area contributed by atoms with Gasteiger partial charge in [0.25, 0.3) is 4.19 Å². The second kappa shape index (κ2) is 3.86. The monoisotopic (exact) mass is 271 g/mol. The Labute approximate surface area is 94.0 Å². The lowest BCUT2D eigenvalue weighted by molar-refractivity contribution is 1.65. The molecule has 2 rings (SSSR count). The van der Waals surface area contributed by atoms with Gasteiger partial charge < -0.3 is 0 Å². The lowest BCUT2D eigenvalue weighted by Crippen LogP contribution is -1.69. The summed E-state index contributed by atoms with van der Waals surface area (Å²) >= 11 is 7.09. The van der Waals surface area contributed by atoms with Gasteiger partial charge in [-0.05, 0) is 12.1 Å². The van der Waals surface area contributed by atoms with Gasteiger partial charge in [0.15, 0.2) is 4.88 Å². The first-order valence-corrected chi connectivity index (χ1v) is 6.39. The van der Waals surface area contributed by atoms with Crippen LogP contribution in [-0.4, -0.2) is 0 Å². The third-order valence-corrected chi connectivity index (χ3v) is 4.48. The van der Waals surface area contributed by atoms with Crippen molar-refractivity contribution < 1.29 is 0 Å². The lowest BCUT2D eigenvalue weighted by Gasteiger charge is -1.91. The van der Waals surface area contributed by atoms with Crippen LogP contribution >= 0.6 is 38.6 Å². The SMILES string of the molecule is Cc1sc(-c2ccc(Br)cc2)c[s+]1. The van der Waals surface area contributed by atoms with Gasteiger partial charge in [0.1, 0.15) is 5.38 Å². The molecule has 0 saturated carbocycles. The predicted molar refractivity (Wildman–Crippen MR) is 64.5 cm³/mol. The van der Waals surface area contributed by atoms with Gasteiger partial charge >= 0.3 is 0 Å². The van der Waals surface area contributed by atoms with Crippen LogP contribution in [0.5, 0.6) is 0 Å². The van der Waals surface area contributed by atoms with E-state index in [9.17, 15) is 0 Å². The largest absolute Gasteiger partial charge is 0.251 e. The Morgan fingerprint density at radius 1 is 1.23 bits per heavy atom. The van der Waals surface area contributed by atoms with Gasteiger partial charge in [-0.1, -0.05) is 28.1 Å². The average molecular weight is 272 g/mol. The molecule has 0 fully saturated rings. The molecular weight excluding hydrogens is 264 g/mol. The third kappa shape index (κ3) is 2.16. The number of halogens is 1. The molecule has 0 unspecified atom stereocenters. The Bertz CT molecular complexity index is 403. The molecule has 2 aromatic rings. The Morgan fingerprint density at radius 2 is 1.92 bits per heavy atom. The van der Waals surface area contributed by atoms with Crippen LogP contribution in [0, 0.1) is 6.92 Å². The molecule has 0 aliphatic heterocycles. The maximum atomic E-state index is 3.43. The van der Waals surface area contributed by atoms with Crippen LogP contribution in [0.15, 0.2) is 34.1 Å². The highest BCUT2D eigenvalue weighted by Gasteiger charge is 2.10. The predicted octanol–water partition coefficient (Wildman–Crippen LogP) is 4.83. The molecule has 0 amide bonds. The maximum Gasteiger partial charge on any atom is 0.251 e. The Hall–Kier alpha value is -0.250. The highest BCUT2D eigenvalue weighted by molar-refractivity contribution is 9.10. The number of hydrogen-bond acceptors (Lipinski definition) is 1. The summed E-state index contributed by atoms with van der Waals surface area (Å²) in [7, 11) is 0. The Balaban J connectivity index is 2.41. The van der Waals surface area contributed by atoms with Gasteiger partial charge in [0, 0.05) is 17.0 Å². The van der Waals surface area contributed by atoms with E-state index in [0.717, 1.165) is 4.47 Å². The molecule has 1 heterocycles. The molecular formula is C10H8BrS2+. The van der Waals surface area contributed by atoms with E-state index in [4.69, 9.17) is 0 Å². The summed E-state index contributed by atoms with van der Waals surface area (Å²) in [6, 6.07) is 8.44. The zero-order valence-electron chi connectivity index (χ0n) is 7.08. The van der Waals surface area contributed by atoms with Crippen molar-refractivity contribution >= 4 is 38.6 Å². The van der Waals surface area contributed by atoms with Gasteiger partial charge in [0.2, 0.25) is 0 Å². The molecule has 0 bridgehead atoms. The van der Waals surface area contributed by atoms with E-state index in [1.807, 2.05) is 22.7 Å². The maximum absolute atomic E-state index is 3.43. The molecule has 3 heteroatoms. The molecule has 66 valence electrons. The third-order valence-electron chi connectivity index (χ3n) is 1.71. The minimum atomic E-state index is 1.13. The van der Waals surface area contributed by atoms with Crippen molar-refractivity contribution in [3.05, 3.63) is 38.3 Å². The Morgan fingerprint density at radius 3 is 2.46 bits per heavy atom. The first-order valence-electron chi connectivity index (χ1n) is 3.90. The van der Waals surface area contributed by atoms with Crippen molar-refractivity contribution in [2.75, 3.05) is 0 Å². The van der Waals surface area contributed by atoms with E-state index >= 15 is 0 Å². The molecule has 0 nitrogen and oxygen atoms in total. The summed E-state index contributed by atoms with van der Waals surface area (Å²) < 4.78 is 2.53. The van der Waals surface area contributed by atoms with Crippen LogP contribution in [0.4, 0.5) is 0 Å². The van der Waals surface area contributed by atoms with Crippen LogP contribution in [0.25, 0.3) is 10.4 Å². The van der Waals surface area contributed by atoms with Crippen molar-refractivity contribution in [3.8, 4) is 10.4 Å². The fourth-order valence-electron chi connectivity index (χ4n) is 1.08. The van der Waals surface area contributed by atoms with Crippen molar-refractivity contribution in [2.45, 2.75) is 6.92 Å². The minimum Gasteiger partial charge on any atom is -0.0508 e. The van der Waals surface area contributed by atoms with E-state index in [1.165, 1.54) is 14.6 Å². The standard InChI is InChI=1S/C10H8BrS2/c1-7-12-6-10(13-7)8-2-4-9(11)5-3-8/h2-6H,1H3/q+1. The Kier molecular flexibility index (Phi) is 2.77. The van der Waals surface area contributed by atoms with Gasteiger partial charge in [-0.2, -0.15) is 0 Å². The van der Waals surface area contributed by atoms with E-state index in [1.54, 1.807) is 0 Å². The summed E-state index contributed by atoms with van der Waals surface area (Å²) in [6.07, 6.45) is 0. The molecule has 0 spiro atoms. The summed E-state index contributed by atoms with van der Waals surface area (Å²) in [5.41, 5.74) is 1.30. The van der Waals surface area contributed by atoms with Crippen LogP contribution in [0.2, 0.25) is 0 Å². The molecule has 0 atom stereocenters. The first kappa shape index (κ1) is 9.31. The lowest BCUT2D eigenvalue weighted by atomic mass is 10.2. The molecule has 1 aromatic heterocycles. The highest BCUT2D eigenvalue weighted by Crippen LogP contribution is 2.31. The number of rotatable bonds is 1. The molecule has 0 aliphatic rings. The zero-order valence-corrected chi connectivity index (χ0v) is 10.3. The van der Waals surface area contributed by atoms with Crippen LogP contribution in [0.3, 0.4) is 0 Å². The summed E-state index contributed by atoms with van der Waals surface area (Å²) in [6.45, 7) is 2.15. The molecule has 0 radical (unpaired) electrons. The van der Waals surface area contributed by atoms with Crippen LogP contribution in [0.1, 0.15) is 4.19 Å².